The van der Waals surface area contributed by atoms with Crippen LogP contribution in [0.3, 0.4) is 0 Å². The molecule has 0 amide bonds. The molecule has 0 saturated carbocycles. The summed E-state index contributed by atoms with van der Waals surface area (Å²) >= 11 is 0. The summed E-state index contributed by atoms with van der Waals surface area (Å²) < 4.78 is 25.3. The molecule has 2 aromatic rings. The molecule has 1 aromatic heterocycles. The Labute approximate surface area is 89.9 Å². The average molecular weight is 185 g/mol. The van der Waals surface area contributed by atoms with E-state index in [1.165, 1.54) is 0 Å². The second kappa shape index (κ2) is 3.79. The van der Waals surface area contributed by atoms with Gasteiger partial charge >= 0.3 is 18.9 Å². The first kappa shape index (κ1) is 10.7. The molecule has 1 aromatic carbocycles. The zero-order chi connectivity index (χ0) is 9.42. The van der Waals surface area contributed by atoms with E-state index in [4.69, 9.17) is 5.26 Å². The van der Waals surface area contributed by atoms with Gasteiger partial charge in [-0.15, -0.1) is 5.52 Å². The molecule has 0 radical (unpaired) electrons. The number of halogens is 2. The van der Waals surface area contributed by atoms with Gasteiger partial charge in [-0.2, -0.15) is 5.26 Å². The number of rotatable bonds is 0. The SMILES string of the molecule is N#Cc1n[n-]c2cc(F)c(F)cc12.[Li+]. The van der Waals surface area contributed by atoms with Gasteiger partial charge in [0, 0.05) is 0 Å². The number of hydrogen-bond acceptors (Lipinski definition) is 2. The van der Waals surface area contributed by atoms with E-state index in [1.54, 1.807) is 6.07 Å². The third-order valence-corrected chi connectivity index (χ3v) is 1.66. The van der Waals surface area contributed by atoms with Gasteiger partial charge in [-0.1, -0.05) is 0 Å². The summed E-state index contributed by atoms with van der Waals surface area (Å²) in [6.45, 7) is 0. The molecule has 0 unspecified atom stereocenters. The second-order valence-electron chi connectivity index (χ2n) is 2.44. The Bertz CT molecular complexity index is 515. The van der Waals surface area contributed by atoms with Gasteiger partial charge in [0.05, 0.1) is 0 Å². The van der Waals surface area contributed by atoms with Crippen molar-refractivity contribution in [2.75, 3.05) is 0 Å². The van der Waals surface area contributed by atoms with Gasteiger partial charge in [0.2, 0.25) is 0 Å². The summed E-state index contributed by atoms with van der Waals surface area (Å²) in [5.74, 6) is -1.99. The van der Waals surface area contributed by atoms with Crippen LogP contribution in [0.1, 0.15) is 5.69 Å². The van der Waals surface area contributed by atoms with Crippen LogP contribution in [0.15, 0.2) is 12.1 Å². The first-order chi connectivity index (χ1) is 6.22. The quantitative estimate of drug-likeness (QED) is 0.462. The molecular weight excluding hydrogens is 183 g/mol. The summed E-state index contributed by atoms with van der Waals surface area (Å²) in [5, 5.41) is 15.7. The van der Waals surface area contributed by atoms with Gasteiger partial charge in [-0.05, 0) is 17.5 Å². The number of aromatic nitrogens is 2. The van der Waals surface area contributed by atoms with Crippen molar-refractivity contribution in [2.45, 2.75) is 0 Å². The minimum Gasteiger partial charge on any atom is -0.574 e. The van der Waals surface area contributed by atoms with Crippen molar-refractivity contribution >= 4 is 10.9 Å². The molecular formula is C8H2F2LiN3. The van der Waals surface area contributed by atoms with Crippen LogP contribution in [-0.4, -0.2) is 5.10 Å². The Morgan fingerprint density at radius 2 is 1.93 bits per heavy atom. The molecule has 0 spiro atoms. The van der Waals surface area contributed by atoms with Crippen molar-refractivity contribution in [2.24, 2.45) is 0 Å². The minimum atomic E-state index is -1.00. The van der Waals surface area contributed by atoms with Crippen LogP contribution in [0.4, 0.5) is 8.78 Å². The van der Waals surface area contributed by atoms with Crippen LogP contribution < -0.4 is 24.0 Å². The predicted molar refractivity (Wildman–Crippen MR) is 39.7 cm³/mol. The van der Waals surface area contributed by atoms with Crippen LogP contribution >= 0.6 is 0 Å². The largest absolute Gasteiger partial charge is 1.00 e. The Hall–Kier alpha value is -1.36. The van der Waals surface area contributed by atoms with Gasteiger partial charge < -0.3 is 10.2 Å². The maximum Gasteiger partial charge on any atom is 1.00 e. The fraction of sp³-hybridized carbons (Fsp3) is 0. The predicted octanol–water partition coefficient (Wildman–Crippen LogP) is -1.65. The molecule has 0 aliphatic carbocycles. The zero-order valence-electron chi connectivity index (χ0n) is 7.25. The van der Waals surface area contributed by atoms with Crippen molar-refractivity contribution in [3.63, 3.8) is 0 Å². The molecule has 3 nitrogen and oxygen atoms in total. The molecule has 64 valence electrons. The van der Waals surface area contributed by atoms with E-state index in [1.807, 2.05) is 0 Å². The zero-order valence-corrected chi connectivity index (χ0v) is 7.25. The Morgan fingerprint density at radius 3 is 2.57 bits per heavy atom. The smallest absolute Gasteiger partial charge is 0.574 e. The maximum atomic E-state index is 12.7. The van der Waals surface area contributed by atoms with Gasteiger partial charge in [0.15, 0.2) is 11.6 Å². The summed E-state index contributed by atoms with van der Waals surface area (Å²) in [6, 6.07) is 3.57. The second-order valence-corrected chi connectivity index (χ2v) is 2.44. The van der Waals surface area contributed by atoms with Gasteiger partial charge in [0.1, 0.15) is 11.8 Å². The monoisotopic (exact) mass is 185 g/mol. The average Bonchev–Trinajstić information content (AvgIpc) is 2.48. The number of fused-ring (bicyclic) bond motifs is 1. The van der Waals surface area contributed by atoms with Gasteiger partial charge in [0.25, 0.3) is 0 Å². The number of benzene rings is 1. The molecule has 0 N–H and O–H groups in total. The van der Waals surface area contributed by atoms with Gasteiger partial charge in [-0.25, -0.2) is 8.78 Å². The third kappa shape index (κ3) is 1.50. The normalized spacial score (nSPS) is 9.50. The molecule has 2 rings (SSSR count). The van der Waals surface area contributed by atoms with Gasteiger partial charge in [-0.3, -0.25) is 0 Å². The molecule has 1 heterocycles. The summed E-state index contributed by atoms with van der Waals surface area (Å²) in [5.41, 5.74) is 0.198. The topological polar surface area (TPSA) is 50.8 Å². The standard InChI is InChI=1S/C8H2F2N3.Li/c9-5-1-4-7(2-6(5)10)12-13-8(4)3-11;/h1-2H;/q-1;+1. The number of hydrogen-bond donors (Lipinski definition) is 0. The Morgan fingerprint density at radius 1 is 1.29 bits per heavy atom. The fourth-order valence-corrected chi connectivity index (χ4v) is 1.05. The first-order valence-electron chi connectivity index (χ1n) is 3.40. The van der Waals surface area contributed by atoms with E-state index in [0.717, 1.165) is 12.1 Å². The summed E-state index contributed by atoms with van der Waals surface area (Å²) in [6.07, 6.45) is 0. The van der Waals surface area contributed by atoms with E-state index in [2.05, 4.69) is 10.2 Å². The molecule has 0 saturated heterocycles. The molecule has 14 heavy (non-hydrogen) atoms. The van der Waals surface area contributed by atoms with Crippen LogP contribution in [0.5, 0.6) is 0 Å². The molecule has 0 aliphatic rings. The molecule has 6 heteroatoms. The molecule has 0 bridgehead atoms. The van der Waals surface area contributed by atoms with E-state index in [0.29, 0.717) is 0 Å². The molecule has 0 fully saturated rings. The number of nitrogens with zero attached hydrogens (tertiary/aromatic N) is 3. The molecule has 0 atom stereocenters. The van der Waals surface area contributed by atoms with E-state index in [9.17, 15) is 8.78 Å². The van der Waals surface area contributed by atoms with E-state index in [-0.39, 0.29) is 35.5 Å². The minimum absolute atomic E-state index is 0. The van der Waals surface area contributed by atoms with Crippen LogP contribution in [-0.2, 0) is 0 Å². The van der Waals surface area contributed by atoms with Crippen molar-refractivity contribution < 1.29 is 27.6 Å². The van der Waals surface area contributed by atoms with Crippen LogP contribution in [0.2, 0.25) is 0 Å². The van der Waals surface area contributed by atoms with Crippen molar-refractivity contribution in [1.82, 2.24) is 10.2 Å². The van der Waals surface area contributed by atoms with Crippen molar-refractivity contribution in [3.8, 4) is 6.07 Å². The van der Waals surface area contributed by atoms with Crippen LogP contribution in [0, 0.1) is 23.0 Å². The summed E-state index contributed by atoms with van der Waals surface area (Å²) in [4.78, 5) is 0. The van der Waals surface area contributed by atoms with Crippen molar-refractivity contribution in [1.29, 1.82) is 5.26 Å². The van der Waals surface area contributed by atoms with E-state index < -0.39 is 11.6 Å². The third-order valence-electron chi connectivity index (χ3n) is 1.66. The Balaban J connectivity index is 0.000000980. The Kier molecular flexibility index (Phi) is 2.90. The number of nitriles is 1. The van der Waals surface area contributed by atoms with Crippen LogP contribution in [0.25, 0.3) is 10.9 Å². The summed E-state index contributed by atoms with van der Waals surface area (Å²) in [7, 11) is 0. The molecule has 0 aliphatic heterocycles. The fourth-order valence-electron chi connectivity index (χ4n) is 1.05. The first-order valence-corrected chi connectivity index (χ1v) is 3.40. The maximum absolute atomic E-state index is 12.7. The van der Waals surface area contributed by atoms with E-state index >= 15 is 0 Å². The van der Waals surface area contributed by atoms with Crippen molar-refractivity contribution in [3.05, 3.63) is 29.5 Å².